The Hall–Kier alpha value is -1.81. The van der Waals surface area contributed by atoms with Crippen LogP contribution in [0.3, 0.4) is 0 Å². The van der Waals surface area contributed by atoms with Crippen molar-refractivity contribution in [2.45, 2.75) is 11.0 Å². The van der Waals surface area contributed by atoms with E-state index in [2.05, 4.69) is 4.72 Å². The van der Waals surface area contributed by atoms with Gasteiger partial charge < -0.3 is 5.11 Å². The molecular weight excluding hydrogens is 316 g/mol. The summed E-state index contributed by atoms with van der Waals surface area (Å²) in [4.78, 5) is 9.82. The summed E-state index contributed by atoms with van der Waals surface area (Å²) >= 11 is 1.40. The predicted molar refractivity (Wildman–Crippen MR) is 77.6 cm³/mol. The van der Waals surface area contributed by atoms with Crippen LogP contribution in [0.15, 0.2) is 46.0 Å². The van der Waals surface area contributed by atoms with E-state index in [9.17, 15) is 23.6 Å². The zero-order valence-corrected chi connectivity index (χ0v) is 12.3. The quantitative estimate of drug-likeness (QED) is 0.619. The van der Waals surface area contributed by atoms with Gasteiger partial charge in [-0.15, -0.1) is 0 Å². The van der Waals surface area contributed by atoms with Crippen LogP contribution in [0.25, 0.3) is 0 Å². The van der Waals surface area contributed by atoms with Crippen LogP contribution < -0.4 is 4.72 Å². The molecule has 1 unspecified atom stereocenters. The lowest BCUT2D eigenvalue weighted by Gasteiger charge is -2.11. The smallest absolute Gasteiger partial charge is 0.269 e. The van der Waals surface area contributed by atoms with Crippen molar-refractivity contribution in [2.75, 3.05) is 6.54 Å². The van der Waals surface area contributed by atoms with Gasteiger partial charge in [-0.25, -0.2) is 13.1 Å². The van der Waals surface area contributed by atoms with Crippen molar-refractivity contribution >= 4 is 27.0 Å². The molecule has 21 heavy (non-hydrogen) atoms. The van der Waals surface area contributed by atoms with Crippen LogP contribution in [0.5, 0.6) is 0 Å². The van der Waals surface area contributed by atoms with Crippen molar-refractivity contribution in [1.29, 1.82) is 0 Å². The van der Waals surface area contributed by atoms with Crippen LogP contribution in [0.2, 0.25) is 0 Å². The molecule has 0 amide bonds. The summed E-state index contributed by atoms with van der Waals surface area (Å²) in [5.41, 5.74) is 0.443. The molecule has 2 N–H and O–H groups in total. The largest absolute Gasteiger partial charge is 0.387 e. The first-order valence-electron chi connectivity index (χ1n) is 5.84. The van der Waals surface area contributed by atoms with Gasteiger partial charge in [0.1, 0.15) is 0 Å². The second-order valence-corrected chi connectivity index (χ2v) is 6.72. The molecule has 0 saturated carbocycles. The van der Waals surface area contributed by atoms with Gasteiger partial charge in [0.05, 0.1) is 15.9 Å². The maximum absolute atomic E-state index is 12.0. The maximum Gasteiger partial charge on any atom is 0.269 e. The van der Waals surface area contributed by atoms with E-state index in [0.717, 1.165) is 24.3 Å². The number of non-ortho nitro benzene ring substituents is 1. The molecule has 1 atom stereocenters. The Morgan fingerprint density at radius 1 is 1.29 bits per heavy atom. The molecular formula is C12H12N2O5S2. The first kappa shape index (κ1) is 15.6. The van der Waals surface area contributed by atoms with Crippen molar-refractivity contribution < 1.29 is 18.4 Å². The van der Waals surface area contributed by atoms with Crippen molar-refractivity contribution in [3.05, 3.63) is 56.8 Å². The molecule has 0 spiro atoms. The summed E-state index contributed by atoms with van der Waals surface area (Å²) in [5, 5.41) is 23.9. The number of aliphatic hydroxyl groups is 1. The van der Waals surface area contributed by atoms with Gasteiger partial charge >= 0.3 is 0 Å². The Morgan fingerprint density at radius 3 is 2.48 bits per heavy atom. The first-order valence-corrected chi connectivity index (χ1v) is 8.27. The monoisotopic (exact) mass is 328 g/mol. The van der Waals surface area contributed by atoms with Gasteiger partial charge in [-0.3, -0.25) is 10.1 Å². The third kappa shape index (κ3) is 3.85. The number of thiophene rings is 1. The summed E-state index contributed by atoms with van der Waals surface area (Å²) < 4.78 is 26.3. The summed E-state index contributed by atoms with van der Waals surface area (Å²) in [7, 11) is -3.82. The van der Waals surface area contributed by atoms with E-state index < -0.39 is 21.1 Å². The second kappa shape index (κ2) is 6.31. The average Bonchev–Trinajstić information content (AvgIpc) is 2.99. The highest BCUT2D eigenvalue weighted by Gasteiger charge is 2.18. The molecule has 0 fully saturated rings. The molecule has 1 aromatic carbocycles. The summed E-state index contributed by atoms with van der Waals surface area (Å²) in [6.45, 7) is -0.171. The number of sulfonamides is 1. The van der Waals surface area contributed by atoms with E-state index in [1.807, 2.05) is 0 Å². The number of aliphatic hydroxyl groups excluding tert-OH is 1. The summed E-state index contributed by atoms with van der Waals surface area (Å²) in [5.74, 6) is 0. The minimum atomic E-state index is -3.82. The van der Waals surface area contributed by atoms with Gasteiger partial charge in [0.25, 0.3) is 5.69 Å². The van der Waals surface area contributed by atoms with Crippen LogP contribution in [-0.4, -0.2) is 25.0 Å². The van der Waals surface area contributed by atoms with Gasteiger partial charge in [-0.2, -0.15) is 11.3 Å². The summed E-state index contributed by atoms with van der Waals surface area (Å²) in [6, 6.07) is 6.23. The molecule has 0 bridgehead atoms. The fourth-order valence-corrected chi connectivity index (χ4v) is 3.35. The van der Waals surface area contributed by atoms with Crippen LogP contribution in [-0.2, 0) is 10.0 Å². The number of nitro groups is 1. The van der Waals surface area contributed by atoms with Gasteiger partial charge in [-0.05, 0) is 34.5 Å². The lowest BCUT2D eigenvalue weighted by molar-refractivity contribution is -0.384. The molecule has 112 valence electrons. The van der Waals surface area contributed by atoms with Gasteiger partial charge in [0.2, 0.25) is 10.0 Å². The maximum atomic E-state index is 12.0. The minimum Gasteiger partial charge on any atom is -0.387 e. The molecule has 0 saturated heterocycles. The van der Waals surface area contributed by atoms with E-state index in [1.165, 1.54) is 11.3 Å². The molecule has 2 aromatic rings. The molecule has 7 nitrogen and oxygen atoms in total. The number of hydrogen-bond acceptors (Lipinski definition) is 6. The van der Waals surface area contributed by atoms with Gasteiger partial charge in [0, 0.05) is 18.7 Å². The van der Waals surface area contributed by atoms with Crippen molar-refractivity contribution in [1.82, 2.24) is 4.72 Å². The number of nitrogens with one attached hydrogen (secondary N) is 1. The topological polar surface area (TPSA) is 110 Å². The number of hydrogen-bond donors (Lipinski definition) is 2. The molecule has 2 rings (SSSR count). The van der Waals surface area contributed by atoms with E-state index >= 15 is 0 Å². The fourth-order valence-electron chi connectivity index (χ4n) is 1.60. The zero-order valence-electron chi connectivity index (χ0n) is 10.7. The van der Waals surface area contributed by atoms with Crippen molar-refractivity contribution in [3.8, 4) is 0 Å². The molecule has 9 heteroatoms. The number of benzene rings is 1. The molecule has 0 aliphatic carbocycles. The Kier molecular flexibility index (Phi) is 4.68. The normalized spacial score (nSPS) is 13.0. The number of nitrogens with zero attached hydrogens (tertiary/aromatic N) is 1. The third-order valence-corrected chi connectivity index (χ3v) is 4.89. The number of nitro benzene ring substituents is 1. The standard InChI is InChI=1S/C12H12N2O5S2/c15-12(9-5-6-20-8-9)7-13-21(18,19)11-3-1-10(2-4-11)14(16)17/h1-6,8,12-13,15H,7H2. The Labute approximate surface area is 125 Å². The third-order valence-electron chi connectivity index (χ3n) is 2.75. The highest BCUT2D eigenvalue weighted by atomic mass is 32.2. The lowest BCUT2D eigenvalue weighted by atomic mass is 10.2. The first-order chi connectivity index (χ1) is 9.90. The van der Waals surface area contributed by atoms with E-state index in [1.54, 1.807) is 16.8 Å². The van der Waals surface area contributed by atoms with E-state index in [-0.39, 0.29) is 17.1 Å². The second-order valence-electron chi connectivity index (χ2n) is 4.18. The highest BCUT2D eigenvalue weighted by Crippen LogP contribution is 2.18. The number of rotatable bonds is 6. The van der Waals surface area contributed by atoms with Gasteiger partial charge in [-0.1, -0.05) is 0 Å². The van der Waals surface area contributed by atoms with Crippen LogP contribution >= 0.6 is 11.3 Å². The highest BCUT2D eigenvalue weighted by molar-refractivity contribution is 7.89. The minimum absolute atomic E-state index is 0.0920. The fraction of sp³-hybridized carbons (Fsp3) is 0.167. The molecule has 1 heterocycles. The van der Waals surface area contributed by atoms with Gasteiger partial charge in [0.15, 0.2) is 0 Å². The molecule has 1 aromatic heterocycles. The van der Waals surface area contributed by atoms with E-state index in [4.69, 9.17) is 0 Å². The average molecular weight is 328 g/mol. The Bertz CT molecular complexity index is 711. The Balaban J connectivity index is 2.06. The molecule has 0 radical (unpaired) electrons. The van der Waals surface area contributed by atoms with Crippen molar-refractivity contribution in [3.63, 3.8) is 0 Å². The zero-order chi connectivity index (χ0) is 15.5. The van der Waals surface area contributed by atoms with Crippen LogP contribution in [0, 0.1) is 10.1 Å². The van der Waals surface area contributed by atoms with Crippen molar-refractivity contribution in [2.24, 2.45) is 0 Å². The molecule has 0 aliphatic heterocycles. The molecule has 0 aliphatic rings. The summed E-state index contributed by atoms with van der Waals surface area (Å²) in [6.07, 6.45) is -0.941. The predicted octanol–water partition coefficient (Wildman–Crippen LogP) is 1.67. The van der Waals surface area contributed by atoms with Crippen LogP contribution in [0.4, 0.5) is 5.69 Å². The van der Waals surface area contributed by atoms with E-state index in [0.29, 0.717) is 5.56 Å². The Morgan fingerprint density at radius 2 is 1.95 bits per heavy atom. The van der Waals surface area contributed by atoms with Crippen LogP contribution in [0.1, 0.15) is 11.7 Å². The lowest BCUT2D eigenvalue weighted by Crippen LogP contribution is -2.28. The SMILES string of the molecule is O=[N+]([O-])c1ccc(S(=O)(=O)NCC(O)c2ccsc2)cc1.